The van der Waals surface area contributed by atoms with Gasteiger partial charge in [-0.2, -0.15) is 0 Å². The quantitative estimate of drug-likeness (QED) is 0.389. The molecule has 0 aliphatic carbocycles. The van der Waals surface area contributed by atoms with Gasteiger partial charge in [-0.15, -0.1) is 0 Å². The highest BCUT2D eigenvalue weighted by Gasteiger charge is 2.05. The van der Waals surface area contributed by atoms with Crippen LogP contribution in [0.3, 0.4) is 0 Å². The van der Waals surface area contributed by atoms with Crippen molar-refractivity contribution in [1.29, 1.82) is 0 Å². The van der Waals surface area contributed by atoms with Crippen molar-refractivity contribution in [1.82, 2.24) is 0 Å². The Morgan fingerprint density at radius 3 is 2.37 bits per heavy atom. The van der Waals surface area contributed by atoms with Crippen LogP contribution in [0.2, 0.25) is 0 Å². The molecule has 2 rings (SSSR count). The topological polar surface area (TPSA) is 58.6 Å². The van der Waals surface area contributed by atoms with Crippen molar-refractivity contribution in [3.8, 4) is 0 Å². The van der Waals surface area contributed by atoms with E-state index in [0.29, 0.717) is 0 Å². The largest absolute Gasteiger partial charge is 0.409 e. The maximum atomic E-state index is 8.67. The van der Waals surface area contributed by atoms with E-state index in [1.54, 1.807) is 11.8 Å². The summed E-state index contributed by atoms with van der Waals surface area (Å²) in [6.45, 7) is 4.09. The first-order valence-corrected chi connectivity index (χ1v) is 6.75. The van der Waals surface area contributed by atoms with Crippen LogP contribution in [0, 0.1) is 13.8 Å². The summed E-state index contributed by atoms with van der Waals surface area (Å²) in [5.41, 5.74) is 8.66. The molecule has 3 N–H and O–H groups in total. The molecule has 98 valence electrons. The summed E-state index contributed by atoms with van der Waals surface area (Å²) in [5, 5.41) is 11.7. The van der Waals surface area contributed by atoms with Gasteiger partial charge in [-0.3, -0.25) is 0 Å². The third-order valence-corrected chi connectivity index (χ3v) is 4.01. The van der Waals surface area contributed by atoms with Crippen molar-refractivity contribution in [2.75, 3.05) is 0 Å². The summed E-state index contributed by atoms with van der Waals surface area (Å²) in [6.07, 6.45) is 0. The lowest BCUT2D eigenvalue weighted by Gasteiger charge is -2.08. The van der Waals surface area contributed by atoms with Crippen LogP contribution in [-0.4, -0.2) is 11.0 Å². The summed E-state index contributed by atoms with van der Waals surface area (Å²) < 4.78 is 0. The molecule has 0 amide bonds. The Kier molecular flexibility index (Phi) is 4.12. The van der Waals surface area contributed by atoms with Gasteiger partial charge in [0.1, 0.15) is 0 Å². The van der Waals surface area contributed by atoms with E-state index in [2.05, 4.69) is 36.3 Å². The number of oxime groups is 1. The normalized spacial score (nSPS) is 11.6. The summed E-state index contributed by atoms with van der Waals surface area (Å²) in [7, 11) is 0. The van der Waals surface area contributed by atoms with Gasteiger partial charge in [0.15, 0.2) is 5.84 Å². The number of amidine groups is 1. The molecule has 0 fully saturated rings. The van der Waals surface area contributed by atoms with Gasteiger partial charge in [0.2, 0.25) is 0 Å². The number of hydrogen-bond acceptors (Lipinski definition) is 3. The molecule has 0 aromatic heterocycles. The van der Waals surface area contributed by atoms with Crippen LogP contribution in [-0.2, 0) is 0 Å². The fourth-order valence-electron chi connectivity index (χ4n) is 1.71. The molecule has 2 aromatic carbocycles. The molecule has 0 atom stereocenters. The zero-order chi connectivity index (χ0) is 13.8. The molecule has 4 heteroatoms. The van der Waals surface area contributed by atoms with Gasteiger partial charge in [0.25, 0.3) is 0 Å². The second-order valence-corrected chi connectivity index (χ2v) is 5.50. The minimum Gasteiger partial charge on any atom is -0.409 e. The summed E-state index contributed by atoms with van der Waals surface area (Å²) in [6, 6.07) is 14.2. The van der Waals surface area contributed by atoms with Crippen LogP contribution < -0.4 is 5.73 Å². The molecule has 2 aromatic rings. The lowest BCUT2D eigenvalue weighted by atomic mass is 10.1. The molecule has 0 spiro atoms. The van der Waals surface area contributed by atoms with Crippen molar-refractivity contribution in [2.24, 2.45) is 10.9 Å². The highest BCUT2D eigenvalue weighted by Crippen LogP contribution is 2.30. The molecule has 0 radical (unpaired) electrons. The lowest BCUT2D eigenvalue weighted by Crippen LogP contribution is -2.13. The number of hydrogen-bond donors (Lipinski definition) is 2. The van der Waals surface area contributed by atoms with Crippen LogP contribution in [0.15, 0.2) is 57.4 Å². The molecule has 0 saturated heterocycles. The maximum absolute atomic E-state index is 8.67. The fraction of sp³-hybridized carbons (Fsp3) is 0.133. The number of nitrogens with zero attached hydrogens (tertiary/aromatic N) is 1. The zero-order valence-electron chi connectivity index (χ0n) is 10.9. The van der Waals surface area contributed by atoms with Crippen molar-refractivity contribution >= 4 is 17.6 Å². The van der Waals surface area contributed by atoms with E-state index in [1.165, 1.54) is 15.4 Å². The summed E-state index contributed by atoms with van der Waals surface area (Å²) >= 11 is 1.71. The molecule has 0 bridgehead atoms. The lowest BCUT2D eigenvalue weighted by molar-refractivity contribution is 0.318. The van der Waals surface area contributed by atoms with E-state index >= 15 is 0 Å². The van der Waals surface area contributed by atoms with Crippen molar-refractivity contribution in [3.63, 3.8) is 0 Å². The van der Waals surface area contributed by atoms with Crippen LogP contribution in [0.25, 0.3) is 0 Å². The Balaban J connectivity index is 2.24. The number of aryl methyl sites for hydroxylation is 2. The van der Waals surface area contributed by atoms with Crippen molar-refractivity contribution in [3.05, 3.63) is 59.2 Å². The predicted octanol–water partition coefficient (Wildman–Crippen LogP) is 3.55. The third kappa shape index (κ3) is 3.29. The van der Waals surface area contributed by atoms with E-state index in [4.69, 9.17) is 10.9 Å². The number of nitrogens with two attached hydrogens (primary N) is 1. The first kappa shape index (κ1) is 13.5. The molecule has 3 nitrogen and oxygen atoms in total. The Morgan fingerprint density at radius 1 is 1.11 bits per heavy atom. The van der Waals surface area contributed by atoms with Crippen molar-refractivity contribution < 1.29 is 5.21 Å². The first-order valence-electron chi connectivity index (χ1n) is 5.93. The van der Waals surface area contributed by atoms with Gasteiger partial charge < -0.3 is 10.9 Å². The molecule has 0 saturated carbocycles. The SMILES string of the molecule is Cc1ccc(Sc2ccc(/C(N)=N/O)cc2C)cc1. The fourth-order valence-corrected chi connectivity index (χ4v) is 2.60. The van der Waals surface area contributed by atoms with Gasteiger partial charge >= 0.3 is 0 Å². The predicted molar refractivity (Wildman–Crippen MR) is 79.0 cm³/mol. The molecular formula is C15H16N2OS. The highest BCUT2D eigenvalue weighted by atomic mass is 32.2. The van der Waals surface area contributed by atoms with E-state index in [0.717, 1.165) is 11.1 Å². The Hall–Kier alpha value is -1.94. The van der Waals surface area contributed by atoms with Crippen LogP contribution >= 0.6 is 11.8 Å². The first-order chi connectivity index (χ1) is 9.10. The molecular weight excluding hydrogens is 256 g/mol. The minimum absolute atomic E-state index is 0.134. The molecule has 0 heterocycles. The van der Waals surface area contributed by atoms with Gasteiger partial charge in [0.05, 0.1) is 0 Å². The van der Waals surface area contributed by atoms with Gasteiger partial charge in [-0.1, -0.05) is 40.7 Å². The third-order valence-electron chi connectivity index (χ3n) is 2.83. The van der Waals surface area contributed by atoms with Crippen LogP contribution in [0.1, 0.15) is 16.7 Å². The second kappa shape index (κ2) is 5.80. The second-order valence-electron chi connectivity index (χ2n) is 4.38. The van der Waals surface area contributed by atoms with Crippen molar-refractivity contribution in [2.45, 2.75) is 23.6 Å². The standard InChI is InChI=1S/C15H16N2OS/c1-10-3-6-13(7-4-10)19-14-8-5-12(9-11(14)2)15(16)17-18/h3-9,18H,1-2H3,(H2,16,17). The summed E-state index contributed by atoms with van der Waals surface area (Å²) in [5.74, 6) is 0.134. The minimum atomic E-state index is 0.134. The van der Waals surface area contributed by atoms with E-state index in [1.807, 2.05) is 25.1 Å². The summed E-state index contributed by atoms with van der Waals surface area (Å²) in [4.78, 5) is 2.36. The van der Waals surface area contributed by atoms with Gasteiger partial charge in [0, 0.05) is 15.4 Å². The van der Waals surface area contributed by atoms with E-state index in [-0.39, 0.29) is 5.84 Å². The van der Waals surface area contributed by atoms with Gasteiger partial charge in [-0.25, -0.2) is 0 Å². The average molecular weight is 272 g/mol. The molecule has 0 unspecified atom stereocenters. The Morgan fingerprint density at radius 2 is 1.79 bits per heavy atom. The molecule has 0 aliphatic rings. The Labute approximate surface area is 117 Å². The van der Waals surface area contributed by atoms with Crippen LogP contribution in [0.4, 0.5) is 0 Å². The van der Waals surface area contributed by atoms with E-state index < -0.39 is 0 Å². The highest BCUT2D eigenvalue weighted by molar-refractivity contribution is 7.99. The Bertz CT molecular complexity index is 606. The maximum Gasteiger partial charge on any atom is 0.170 e. The number of benzene rings is 2. The molecule has 0 aliphatic heterocycles. The van der Waals surface area contributed by atoms with Crippen LogP contribution in [0.5, 0.6) is 0 Å². The zero-order valence-corrected chi connectivity index (χ0v) is 11.7. The smallest absolute Gasteiger partial charge is 0.170 e. The van der Waals surface area contributed by atoms with E-state index in [9.17, 15) is 0 Å². The number of rotatable bonds is 3. The average Bonchev–Trinajstić information content (AvgIpc) is 2.42. The van der Waals surface area contributed by atoms with Gasteiger partial charge in [-0.05, 0) is 43.7 Å². The molecule has 19 heavy (non-hydrogen) atoms. The monoisotopic (exact) mass is 272 g/mol.